The molecule has 1 unspecified atom stereocenters. The number of carbonyl (C=O) groups excluding carboxylic acids is 1. The summed E-state index contributed by atoms with van der Waals surface area (Å²) in [6.45, 7) is 2.72. The number of hydrogen-bond acceptors (Lipinski definition) is 5. The predicted octanol–water partition coefficient (Wildman–Crippen LogP) is 7.04. The lowest BCUT2D eigenvalue weighted by molar-refractivity contribution is 0.146. The lowest BCUT2D eigenvalue weighted by Gasteiger charge is -2.45. The van der Waals surface area contributed by atoms with Gasteiger partial charge < -0.3 is 14.4 Å². The first-order valence-corrected chi connectivity index (χ1v) is 14.4. The normalized spacial score (nSPS) is 12.9. The van der Waals surface area contributed by atoms with Gasteiger partial charge in [0, 0.05) is 30.0 Å². The third-order valence-corrected chi connectivity index (χ3v) is 8.48. The second-order valence-electron chi connectivity index (χ2n) is 9.20. The molecule has 0 aliphatic carbocycles. The van der Waals surface area contributed by atoms with Crippen LogP contribution >= 0.6 is 27.3 Å². The average Bonchev–Trinajstić information content (AvgIpc) is 3.54. The molecule has 40 heavy (non-hydrogen) atoms. The van der Waals surface area contributed by atoms with Gasteiger partial charge in [-0.05, 0) is 53.3 Å². The monoisotopic (exact) mass is 620 g/mol. The van der Waals surface area contributed by atoms with Gasteiger partial charge in [0.2, 0.25) is 5.96 Å². The van der Waals surface area contributed by atoms with E-state index in [0.717, 1.165) is 31.8 Å². The molecular weight excluding hydrogens is 588 g/mol. The standard InChI is InChI=1S/C31H33BrN4O3S/c1-31(28-15-10-20-40-28,26-13-8-9-14-27(26)32)36(21-23-16-18-25(38-4)19-17-23)29(35(3)33-2)34-30(37)39-22-24-11-6-5-7-12-24/h5-20,33H,21-22H2,1-4H3/b34-29+. The maximum absolute atomic E-state index is 13.2. The number of carbonyl (C=O) groups is 1. The molecule has 4 aromatic rings. The Morgan fingerprint density at radius 2 is 1.68 bits per heavy atom. The number of hydrazine groups is 1. The quantitative estimate of drug-likeness (QED) is 0.123. The molecule has 3 aromatic carbocycles. The summed E-state index contributed by atoms with van der Waals surface area (Å²) in [6.07, 6.45) is -0.679. The second kappa shape index (κ2) is 13.6. The number of guanidine groups is 1. The number of halogens is 1. The molecule has 4 rings (SSSR count). The van der Waals surface area contributed by atoms with Crippen LogP contribution in [0.25, 0.3) is 0 Å². The van der Waals surface area contributed by atoms with Gasteiger partial charge in [-0.3, -0.25) is 5.01 Å². The first kappa shape index (κ1) is 29.3. The Labute approximate surface area is 248 Å². The van der Waals surface area contributed by atoms with Crippen LogP contribution < -0.4 is 10.2 Å². The minimum Gasteiger partial charge on any atom is -0.497 e. The highest BCUT2D eigenvalue weighted by Crippen LogP contribution is 2.42. The minimum atomic E-state index is -0.724. The first-order chi connectivity index (χ1) is 19.4. The van der Waals surface area contributed by atoms with E-state index in [0.29, 0.717) is 12.5 Å². The summed E-state index contributed by atoms with van der Waals surface area (Å²) in [6, 6.07) is 29.7. The lowest BCUT2D eigenvalue weighted by atomic mass is 9.87. The van der Waals surface area contributed by atoms with E-state index in [1.165, 1.54) is 0 Å². The van der Waals surface area contributed by atoms with Crippen LogP contribution in [0.4, 0.5) is 4.79 Å². The van der Waals surface area contributed by atoms with Crippen LogP contribution in [0.3, 0.4) is 0 Å². The van der Waals surface area contributed by atoms with Crippen molar-refractivity contribution in [1.82, 2.24) is 15.3 Å². The largest absolute Gasteiger partial charge is 0.497 e. The number of benzene rings is 3. The molecule has 0 radical (unpaired) electrons. The Hall–Kier alpha value is -3.66. The molecule has 1 aromatic heterocycles. The van der Waals surface area contributed by atoms with Crippen molar-refractivity contribution >= 4 is 39.3 Å². The number of methoxy groups -OCH3 is 1. The number of ether oxygens (including phenoxy) is 2. The molecule has 0 fully saturated rings. The molecule has 0 aliphatic rings. The summed E-state index contributed by atoms with van der Waals surface area (Å²) in [5.74, 6) is 1.18. The van der Waals surface area contributed by atoms with Crippen LogP contribution in [0.2, 0.25) is 0 Å². The van der Waals surface area contributed by atoms with Crippen molar-refractivity contribution in [3.63, 3.8) is 0 Å². The Kier molecular flexibility index (Phi) is 9.98. The van der Waals surface area contributed by atoms with Gasteiger partial charge in [0.05, 0.1) is 7.11 Å². The number of amides is 1. The first-order valence-electron chi connectivity index (χ1n) is 12.8. The van der Waals surface area contributed by atoms with Gasteiger partial charge in [-0.2, -0.15) is 0 Å². The van der Waals surface area contributed by atoms with Crippen LogP contribution in [-0.2, 0) is 23.4 Å². The number of hydrogen-bond donors (Lipinski definition) is 1. The van der Waals surface area contributed by atoms with Gasteiger partial charge in [0.25, 0.3) is 0 Å². The summed E-state index contributed by atoms with van der Waals surface area (Å²) in [5.41, 5.74) is 5.35. The van der Waals surface area contributed by atoms with Gasteiger partial charge in [-0.25, -0.2) is 10.2 Å². The second-order valence-corrected chi connectivity index (χ2v) is 11.0. The van der Waals surface area contributed by atoms with Gasteiger partial charge in [-0.1, -0.05) is 82.7 Å². The smallest absolute Gasteiger partial charge is 0.437 e. The van der Waals surface area contributed by atoms with Crippen LogP contribution in [0.1, 0.15) is 28.5 Å². The topological polar surface area (TPSA) is 66.4 Å². The van der Waals surface area contributed by atoms with E-state index in [2.05, 4.69) is 55.7 Å². The molecule has 7 nitrogen and oxygen atoms in total. The Bertz CT molecular complexity index is 1410. The molecule has 0 saturated carbocycles. The minimum absolute atomic E-state index is 0.130. The number of rotatable bonds is 9. The number of nitrogens with zero attached hydrogens (tertiary/aromatic N) is 3. The molecule has 0 saturated heterocycles. The fraction of sp³-hybridized carbons (Fsp3) is 0.226. The van der Waals surface area contributed by atoms with Crippen LogP contribution in [-0.4, -0.2) is 43.2 Å². The molecule has 1 N–H and O–H groups in total. The highest BCUT2D eigenvalue weighted by atomic mass is 79.9. The molecule has 1 amide bonds. The third-order valence-electron chi connectivity index (χ3n) is 6.71. The van der Waals surface area contributed by atoms with Crippen molar-refractivity contribution in [2.24, 2.45) is 4.99 Å². The summed E-state index contributed by atoms with van der Waals surface area (Å²) in [5, 5.41) is 3.79. The van der Waals surface area contributed by atoms with Crippen molar-refractivity contribution in [2.45, 2.75) is 25.6 Å². The SMILES string of the molecule is CNN(C)/C(=N\C(=O)OCc1ccccc1)N(Cc1ccc(OC)cc1)C(C)(c1cccs1)c1ccccc1Br. The van der Waals surface area contributed by atoms with Crippen molar-refractivity contribution in [3.8, 4) is 5.75 Å². The van der Waals surface area contributed by atoms with E-state index >= 15 is 0 Å². The zero-order chi connectivity index (χ0) is 28.5. The van der Waals surface area contributed by atoms with Crippen molar-refractivity contribution in [1.29, 1.82) is 0 Å². The molecule has 208 valence electrons. The molecule has 0 bridgehead atoms. The van der Waals surface area contributed by atoms with Gasteiger partial charge >= 0.3 is 6.09 Å². The lowest BCUT2D eigenvalue weighted by Crippen LogP contribution is -2.55. The maximum atomic E-state index is 13.2. The highest BCUT2D eigenvalue weighted by molar-refractivity contribution is 9.10. The summed E-state index contributed by atoms with van der Waals surface area (Å²) >= 11 is 5.44. The third kappa shape index (κ3) is 6.72. The zero-order valence-electron chi connectivity index (χ0n) is 23.0. The van der Waals surface area contributed by atoms with Gasteiger partial charge in [0.15, 0.2) is 0 Å². The van der Waals surface area contributed by atoms with E-state index in [9.17, 15) is 4.79 Å². The molecule has 0 spiro atoms. The number of thiophene rings is 1. The van der Waals surface area contributed by atoms with Crippen LogP contribution in [0, 0.1) is 0 Å². The number of aliphatic imine (C=N–C) groups is 1. The Morgan fingerprint density at radius 1 is 0.975 bits per heavy atom. The summed E-state index contributed by atoms with van der Waals surface area (Å²) < 4.78 is 11.9. The molecule has 1 atom stereocenters. The Balaban J connectivity index is 1.85. The van der Waals surface area contributed by atoms with Crippen LogP contribution in [0.5, 0.6) is 5.75 Å². The number of nitrogens with one attached hydrogen (secondary N) is 1. The van der Waals surface area contributed by atoms with Gasteiger partial charge in [0.1, 0.15) is 17.9 Å². The molecular formula is C31H33BrN4O3S. The zero-order valence-corrected chi connectivity index (χ0v) is 25.4. The van der Waals surface area contributed by atoms with E-state index < -0.39 is 11.6 Å². The maximum Gasteiger partial charge on any atom is 0.437 e. The Morgan fingerprint density at radius 3 is 2.30 bits per heavy atom. The van der Waals surface area contributed by atoms with Crippen molar-refractivity contribution < 1.29 is 14.3 Å². The van der Waals surface area contributed by atoms with E-state index in [1.807, 2.05) is 85.9 Å². The fourth-order valence-corrected chi connectivity index (χ4v) is 6.00. The predicted molar refractivity (Wildman–Crippen MR) is 164 cm³/mol. The van der Waals surface area contributed by atoms with E-state index in [4.69, 9.17) is 9.47 Å². The average molecular weight is 622 g/mol. The summed E-state index contributed by atoms with van der Waals surface area (Å²) in [7, 11) is 5.27. The van der Waals surface area contributed by atoms with E-state index in [1.54, 1.807) is 30.5 Å². The highest BCUT2D eigenvalue weighted by Gasteiger charge is 2.41. The van der Waals surface area contributed by atoms with E-state index in [-0.39, 0.29) is 6.61 Å². The molecule has 9 heteroatoms. The van der Waals surface area contributed by atoms with Crippen molar-refractivity contribution in [3.05, 3.63) is 122 Å². The van der Waals surface area contributed by atoms with Crippen LogP contribution in [0.15, 0.2) is 106 Å². The molecule has 1 heterocycles. The van der Waals surface area contributed by atoms with Crippen molar-refractivity contribution in [2.75, 3.05) is 21.2 Å². The summed E-state index contributed by atoms with van der Waals surface area (Å²) in [4.78, 5) is 20.9. The van der Waals surface area contributed by atoms with Gasteiger partial charge in [-0.15, -0.1) is 16.3 Å². The fourth-order valence-electron chi connectivity index (χ4n) is 4.41. The molecule has 0 aliphatic heterocycles.